The number of aromatic nitrogens is 1. The highest BCUT2D eigenvalue weighted by Gasteiger charge is 2.18. The van der Waals surface area contributed by atoms with Gasteiger partial charge in [0.05, 0.1) is 22.7 Å². The van der Waals surface area contributed by atoms with E-state index in [4.69, 9.17) is 17.0 Å². The van der Waals surface area contributed by atoms with Crippen LogP contribution in [0.15, 0.2) is 66.9 Å². The number of anilines is 1. The van der Waals surface area contributed by atoms with Gasteiger partial charge in [0.2, 0.25) is 5.91 Å². The van der Waals surface area contributed by atoms with Crippen molar-refractivity contribution in [2.75, 3.05) is 5.32 Å². The van der Waals surface area contributed by atoms with Crippen LogP contribution in [0.3, 0.4) is 0 Å². The summed E-state index contributed by atoms with van der Waals surface area (Å²) in [5.41, 5.74) is 1.91. The number of thiocarbonyl (C=S) groups is 1. The maximum atomic E-state index is 14.8. The number of nitrogens with one attached hydrogen (secondary N) is 2. The molecule has 0 aliphatic rings. The lowest BCUT2D eigenvalue weighted by atomic mass is 10.1. The van der Waals surface area contributed by atoms with E-state index in [0.29, 0.717) is 17.0 Å². The van der Waals surface area contributed by atoms with Gasteiger partial charge in [0.15, 0.2) is 16.7 Å². The van der Waals surface area contributed by atoms with Gasteiger partial charge in [-0.1, -0.05) is 44.2 Å². The monoisotopic (exact) mass is 509 g/mol. The Hall–Kier alpha value is -3.40. The summed E-state index contributed by atoms with van der Waals surface area (Å²) < 4.78 is 21.4. The third-order valence-electron chi connectivity index (χ3n) is 5.19. The van der Waals surface area contributed by atoms with Crippen molar-refractivity contribution >= 4 is 50.5 Å². The lowest BCUT2D eigenvalue weighted by molar-refractivity contribution is -0.119. The molecule has 1 atom stereocenters. The molecule has 180 valence electrons. The van der Waals surface area contributed by atoms with Crippen molar-refractivity contribution in [1.29, 1.82) is 0 Å². The molecular formula is C26H24FN3O3S2. The highest BCUT2D eigenvalue weighted by atomic mass is 32.1. The number of aliphatic hydroxyl groups is 1. The third-order valence-corrected chi connectivity index (χ3v) is 6.60. The number of hydrogen-bond donors (Lipinski definition) is 3. The van der Waals surface area contributed by atoms with Crippen molar-refractivity contribution in [3.05, 3.63) is 83.1 Å². The molecule has 0 radical (unpaired) electrons. The smallest absolute Gasteiger partial charge is 0.230 e. The van der Waals surface area contributed by atoms with Crippen molar-refractivity contribution in [2.45, 2.75) is 26.4 Å². The third kappa shape index (κ3) is 6.19. The average Bonchev–Trinajstić information content (AvgIpc) is 3.26. The van der Waals surface area contributed by atoms with E-state index in [2.05, 4.69) is 15.6 Å². The van der Waals surface area contributed by atoms with Gasteiger partial charge >= 0.3 is 0 Å². The van der Waals surface area contributed by atoms with Gasteiger partial charge in [-0.3, -0.25) is 9.78 Å². The first-order valence-corrected chi connectivity index (χ1v) is 12.2. The summed E-state index contributed by atoms with van der Waals surface area (Å²) in [6.45, 7) is 3.87. The van der Waals surface area contributed by atoms with E-state index in [1.165, 1.54) is 23.5 Å². The van der Waals surface area contributed by atoms with Crippen molar-refractivity contribution in [3.8, 4) is 11.5 Å². The Morgan fingerprint density at radius 2 is 1.91 bits per heavy atom. The van der Waals surface area contributed by atoms with Crippen LogP contribution >= 0.6 is 23.6 Å². The van der Waals surface area contributed by atoms with Crippen LogP contribution in [-0.2, 0) is 11.2 Å². The quantitative estimate of drug-likeness (QED) is 0.266. The number of hydrogen-bond acceptors (Lipinski definition) is 6. The van der Waals surface area contributed by atoms with Crippen LogP contribution in [0.5, 0.6) is 11.5 Å². The fourth-order valence-corrected chi connectivity index (χ4v) is 4.84. The topological polar surface area (TPSA) is 83.5 Å². The SMILES string of the molecule is CC(C)C(O)c1cc2nccc(Oc3ccc(NC(=S)NC(=O)Cc4ccccc4)cc3F)c2s1. The summed E-state index contributed by atoms with van der Waals surface area (Å²) in [5.74, 6) is -0.336. The Balaban J connectivity index is 1.42. The molecular weight excluding hydrogens is 485 g/mol. The Labute approximate surface area is 211 Å². The standard InChI is InChI=1S/C26H24FN3O3S2/c1-15(2)24(32)22-14-19-25(35-22)21(10-11-28-19)33-20-9-8-17(13-18(20)27)29-26(34)30-23(31)12-16-6-4-3-5-7-16/h3-11,13-15,24,32H,12H2,1-2H3,(H2,29,30,31,34). The highest BCUT2D eigenvalue weighted by molar-refractivity contribution is 7.80. The molecule has 35 heavy (non-hydrogen) atoms. The fourth-order valence-electron chi connectivity index (χ4n) is 3.38. The summed E-state index contributed by atoms with van der Waals surface area (Å²) in [6.07, 6.45) is 1.16. The average molecular weight is 510 g/mol. The zero-order valence-electron chi connectivity index (χ0n) is 19.1. The predicted molar refractivity (Wildman–Crippen MR) is 140 cm³/mol. The molecule has 1 amide bonds. The summed E-state index contributed by atoms with van der Waals surface area (Å²) in [7, 11) is 0. The fraction of sp³-hybridized carbons (Fsp3) is 0.192. The Morgan fingerprint density at radius 3 is 2.63 bits per heavy atom. The number of amides is 1. The molecule has 4 aromatic rings. The second kappa shape index (κ2) is 10.9. The van der Waals surface area contributed by atoms with Crippen molar-refractivity contribution in [2.24, 2.45) is 5.92 Å². The van der Waals surface area contributed by atoms with Crippen molar-refractivity contribution < 1.29 is 19.0 Å². The zero-order valence-corrected chi connectivity index (χ0v) is 20.8. The Morgan fingerprint density at radius 1 is 1.14 bits per heavy atom. The minimum Gasteiger partial charge on any atom is -0.453 e. The summed E-state index contributed by atoms with van der Waals surface area (Å²) in [5, 5.41) is 15.9. The summed E-state index contributed by atoms with van der Waals surface area (Å²) in [4.78, 5) is 17.3. The highest BCUT2D eigenvalue weighted by Crippen LogP contribution is 2.39. The molecule has 6 nitrogen and oxygen atoms in total. The van der Waals surface area contributed by atoms with Crippen LogP contribution in [0, 0.1) is 11.7 Å². The number of ether oxygens (including phenoxy) is 1. The molecule has 2 aromatic carbocycles. The van der Waals surface area contributed by atoms with E-state index in [-0.39, 0.29) is 29.1 Å². The lowest BCUT2D eigenvalue weighted by Gasteiger charge is -2.12. The number of carbonyl (C=O) groups excluding carboxylic acids is 1. The number of rotatable bonds is 7. The zero-order chi connectivity index (χ0) is 24.9. The Bertz CT molecular complexity index is 1360. The van der Waals surface area contributed by atoms with Crippen LogP contribution in [0.2, 0.25) is 0 Å². The number of pyridine rings is 1. The molecule has 9 heteroatoms. The van der Waals surface area contributed by atoms with E-state index < -0.39 is 11.9 Å². The van der Waals surface area contributed by atoms with Gasteiger partial charge in [-0.25, -0.2) is 4.39 Å². The van der Waals surface area contributed by atoms with Crippen LogP contribution in [0.25, 0.3) is 10.2 Å². The van der Waals surface area contributed by atoms with Crippen molar-refractivity contribution in [3.63, 3.8) is 0 Å². The molecule has 2 aromatic heterocycles. The number of carbonyl (C=O) groups is 1. The van der Waals surface area contributed by atoms with Gasteiger partial charge in [-0.05, 0) is 41.9 Å². The first-order chi connectivity index (χ1) is 16.8. The number of nitrogens with zero attached hydrogens (tertiary/aromatic N) is 1. The maximum Gasteiger partial charge on any atom is 0.230 e. The number of benzene rings is 2. The van der Waals surface area contributed by atoms with Gasteiger partial charge in [-0.15, -0.1) is 11.3 Å². The van der Waals surface area contributed by atoms with Crippen molar-refractivity contribution in [1.82, 2.24) is 10.3 Å². The first-order valence-electron chi connectivity index (χ1n) is 11.0. The summed E-state index contributed by atoms with van der Waals surface area (Å²) >= 11 is 6.55. The summed E-state index contributed by atoms with van der Waals surface area (Å²) in [6, 6.07) is 17.1. The molecule has 0 saturated carbocycles. The minimum absolute atomic E-state index is 0.0291. The number of thiophene rings is 1. The molecule has 0 aliphatic heterocycles. The molecule has 2 heterocycles. The van der Waals surface area contributed by atoms with Gasteiger partial charge in [0.1, 0.15) is 5.75 Å². The maximum absolute atomic E-state index is 14.8. The van der Waals surface area contributed by atoms with Gasteiger partial charge in [-0.2, -0.15) is 0 Å². The predicted octanol–water partition coefficient (Wildman–Crippen LogP) is 5.97. The second-order valence-corrected chi connectivity index (χ2v) is 9.77. The molecule has 3 N–H and O–H groups in total. The van der Waals surface area contributed by atoms with E-state index in [0.717, 1.165) is 15.1 Å². The molecule has 0 saturated heterocycles. The molecule has 0 aliphatic carbocycles. The number of fused-ring (bicyclic) bond motifs is 1. The molecule has 0 fully saturated rings. The molecule has 1 unspecified atom stereocenters. The van der Waals surface area contributed by atoms with E-state index >= 15 is 0 Å². The van der Waals surface area contributed by atoms with Gasteiger partial charge in [0, 0.05) is 28.9 Å². The lowest BCUT2D eigenvalue weighted by Crippen LogP contribution is -2.35. The van der Waals surface area contributed by atoms with E-state index in [1.54, 1.807) is 18.3 Å². The van der Waals surface area contributed by atoms with Crippen LogP contribution in [-0.4, -0.2) is 21.1 Å². The normalized spacial score (nSPS) is 11.9. The van der Waals surface area contributed by atoms with Gasteiger partial charge in [0.25, 0.3) is 0 Å². The van der Waals surface area contributed by atoms with Crippen LogP contribution < -0.4 is 15.4 Å². The molecule has 4 rings (SSSR count). The first kappa shape index (κ1) is 24.7. The van der Waals surface area contributed by atoms with E-state index in [9.17, 15) is 14.3 Å². The van der Waals surface area contributed by atoms with Crippen LogP contribution in [0.1, 0.15) is 30.4 Å². The molecule has 0 bridgehead atoms. The second-order valence-electron chi connectivity index (χ2n) is 8.27. The minimum atomic E-state index is -0.610. The van der Waals surface area contributed by atoms with Crippen LogP contribution in [0.4, 0.5) is 10.1 Å². The molecule has 0 spiro atoms. The number of aliphatic hydroxyl groups excluding tert-OH is 1. The van der Waals surface area contributed by atoms with Gasteiger partial charge < -0.3 is 20.5 Å². The Kier molecular flexibility index (Phi) is 7.70. The number of halogens is 1. The largest absolute Gasteiger partial charge is 0.453 e. The van der Waals surface area contributed by atoms with E-state index in [1.807, 2.05) is 50.2 Å².